The number of amides is 1. The second-order valence-electron chi connectivity index (χ2n) is 6.64. The number of hydrogen-bond donors (Lipinski definition) is 1. The van der Waals surface area contributed by atoms with Crippen molar-refractivity contribution in [2.75, 3.05) is 11.9 Å². The first-order valence-electron chi connectivity index (χ1n) is 9.20. The van der Waals surface area contributed by atoms with Crippen LogP contribution in [0.15, 0.2) is 78.4 Å². The summed E-state index contributed by atoms with van der Waals surface area (Å²) < 4.78 is 18.6. The van der Waals surface area contributed by atoms with Gasteiger partial charge in [-0.05, 0) is 36.4 Å². The molecular formula is C24H16FNO4. The maximum atomic E-state index is 13.0. The number of fused-ring (bicyclic) bond motifs is 1. The highest BCUT2D eigenvalue weighted by Crippen LogP contribution is 2.30. The number of hydrogen-bond acceptors (Lipinski definition) is 4. The fraction of sp³-hybridized carbons (Fsp3) is 0.0417. The van der Waals surface area contributed by atoms with E-state index in [1.165, 1.54) is 30.3 Å². The van der Waals surface area contributed by atoms with Crippen molar-refractivity contribution in [3.8, 4) is 5.75 Å². The summed E-state index contributed by atoms with van der Waals surface area (Å²) in [5.74, 6) is -1.14. The van der Waals surface area contributed by atoms with Crippen molar-refractivity contribution in [1.29, 1.82) is 0 Å². The number of carbonyl (C=O) groups is 3. The highest BCUT2D eigenvalue weighted by molar-refractivity contribution is 6.41. The van der Waals surface area contributed by atoms with Gasteiger partial charge in [0.1, 0.15) is 11.6 Å². The Morgan fingerprint density at radius 3 is 2.13 bits per heavy atom. The van der Waals surface area contributed by atoms with Gasteiger partial charge in [-0.25, -0.2) is 4.39 Å². The predicted octanol–water partition coefficient (Wildman–Crippen LogP) is 4.31. The summed E-state index contributed by atoms with van der Waals surface area (Å²) >= 11 is 0. The van der Waals surface area contributed by atoms with Crippen molar-refractivity contribution in [3.05, 3.63) is 101 Å². The second-order valence-corrected chi connectivity index (χ2v) is 6.64. The van der Waals surface area contributed by atoms with Crippen LogP contribution in [-0.4, -0.2) is 24.1 Å². The first-order chi connectivity index (χ1) is 14.5. The first-order valence-corrected chi connectivity index (χ1v) is 9.20. The molecule has 1 aliphatic carbocycles. The number of para-hydroxylation sites is 1. The summed E-state index contributed by atoms with van der Waals surface area (Å²) in [6.07, 6.45) is 1.48. The topological polar surface area (TPSA) is 72.5 Å². The molecule has 0 radical (unpaired) electrons. The van der Waals surface area contributed by atoms with Crippen LogP contribution in [0, 0.1) is 5.82 Å². The molecule has 3 aromatic rings. The Morgan fingerprint density at radius 2 is 1.47 bits per heavy atom. The lowest BCUT2D eigenvalue weighted by Gasteiger charge is -2.10. The molecule has 30 heavy (non-hydrogen) atoms. The van der Waals surface area contributed by atoms with Gasteiger partial charge in [0.15, 0.2) is 18.2 Å². The first kappa shape index (κ1) is 19.3. The van der Waals surface area contributed by atoms with Crippen LogP contribution in [0.1, 0.15) is 26.3 Å². The van der Waals surface area contributed by atoms with Crippen molar-refractivity contribution < 1.29 is 23.5 Å². The molecule has 0 spiro atoms. The molecule has 3 aromatic carbocycles. The molecule has 0 saturated carbocycles. The molecule has 0 heterocycles. The summed E-state index contributed by atoms with van der Waals surface area (Å²) in [5, 5.41) is 2.60. The summed E-state index contributed by atoms with van der Waals surface area (Å²) in [5.41, 5.74) is 1.77. The zero-order valence-electron chi connectivity index (χ0n) is 15.7. The quantitative estimate of drug-likeness (QED) is 0.511. The standard InChI is InChI=1S/C24H16FNO4/c25-16-9-11-17(12-10-16)26-22(27)14-30-21-8-4-1-5-15(21)13-20-23(28)18-6-2-3-7-19(18)24(20)29/h1-13H,14H2,(H,26,27). The summed E-state index contributed by atoms with van der Waals surface area (Å²) in [6.45, 7) is -0.292. The van der Waals surface area contributed by atoms with Gasteiger partial charge in [0.05, 0.1) is 5.57 Å². The molecule has 148 valence electrons. The van der Waals surface area contributed by atoms with E-state index in [0.29, 0.717) is 28.1 Å². The van der Waals surface area contributed by atoms with Crippen molar-refractivity contribution in [3.63, 3.8) is 0 Å². The average molecular weight is 401 g/mol. The fourth-order valence-corrected chi connectivity index (χ4v) is 3.16. The van der Waals surface area contributed by atoms with E-state index in [9.17, 15) is 18.8 Å². The van der Waals surface area contributed by atoms with E-state index < -0.39 is 11.7 Å². The minimum Gasteiger partial charge on any atom is -0.483 e. The van der Waals surface area contributed by atoms with Crippen LogP contribution in [0.3, 0.4) is 0 Å². The molecule has 0 unspecified atom stereocenters. The van der Waals surface area contributed by atoms with Gasteiger partial charge in [0.25, 0.3) is 5.91 Å². The second kappa shape index (κ2) is 8.13. The molecule has 1 aliphatic rings. The lowest BCUT2D eigenvalue weighted by atomic mass is 10.1. The van der Waals surface area contributed by atoms with Gasteiger partial charge in [-0.2, -0.15) is 0 Å². The molecule has 5 nitrogen and oxygen atoms in total. The van der Waals surface area contributed by atoms with Crippen LogP contribution in [0.5, 0.6) is 5.75 Å². The third-order valence-electron chi connectivity index (χ3n) is 4.61. The van der Waals surface area contributed by atoms with Crippen LogP contribution in [0.4, 0.5) is 10.1 Å². The largest absolute Gasteiger partial charge is 0.483 e. The van der Waals surface area contributed by atoms with Crippen LogP contribution >= 0.6 is 0 Å². The number of halogens is 1. The van der Waals surface area contributed by atoms with Crippen molar-refractivity contribution in [2.24, 2.45) is 0 Å². The number of carbonyl (C=O) groups excluding carboxylic acids is 3. The lowest BCUT2D eigenvalue weighted by Crippen LogP contribution is -2.20. The molecule has 1 N–H and O–H groups in total. The monoisotopic (exact) mass is 401 g/mol. The molecule has 0 aromatic heterocycles. The highest BCUT2D eigenvalue weighted by Gasteiger charge is 2.32. The molecule has 6 heteroatoms. The molecule has 1 amide bonds. The predicted molar refractivity (Wildman–Crippen MR) is 110 cm³/mol. The van der Waals surface area contributed by atoms with Crippen LogP contribution in [-0.2, 0) is 4.79 Å². The number of nitrogens with one attached hydrogen (secondary N) is 1. The van der Waals surface area contributed by atoms with E-state index >= 15 is 0 Å². The van der Waals surface area contributed by atoms with Crippen molar-refractivity contribution in [1.82, 2.24) is 0 Å². The average Bonchev–Trinajstić information content (AvgIpc) is 3.00. The molecular weight excluding hydrogens is 385 g/mol. The lowest BCUT2D eigenvalue weighted by molar-refractivity contribution is -0.118. The van der Waals surface area contributed by atoms with E-state index in [2.05, 4.69) is 5.32 Å². The Labute approximate surface area is 171 Å². The number of rotatable bonds is 5. The van der Waals surface area contributed by atoms with Crippen molar-refractivity contribution >= 4 is 29.2 Å². The number of benzene rings is 3. The van der Waals surface area contributed by atoms with Gasteiger partial charge in [-0.3, -0.25) is 14.4 Å². The Bertz CT molecular complexity index is 1140. The van der Waals surface area contributed by atoms with E-state index in [0.717, 1.165) is 0 Å². The third-order valence-corrected chi connectivity index (χ3v) is 4.61. The molecule has 0 atom stereocenters. The van der Waals surface area contributed by atoms with Crippen molar-refractivity contribution in [2.45, 2.75) is 0 Å². The van der Waals surface area contributed by atoms with E-state index in [-0.39, 0.29) is 23.7 Å². The zero-order chi connectivity index (χ0) is 21.1. The summed E-state index contributed by atoms with van der Waals surface area (Å²) in [7, 11) is 0. The third kappa shape index (κ3) is 3.89. The molecule has 0 aliphatic heterocycles. The zero-order valence-corrected chi connectivity index (χ0v) is 15.7. The fourth-order valence-electron chi connectivity index (χ4n) is 3.16. The minimum atomic E-state index is -0.426. The van der Waals surface area contributed by atoms with Crippen LogP contribution in [0.25, 0.3) is 6.08 Å². The van der Waals surface area contributed by atoms with Crippen LogP contribution < -0.4 is 10.1 Å². The summed E-state index contributed by atoms with van der Waals surface area (Å²) in [4.78, 5) is 37.3. The van der Waals surface area contributed by atoms with Gasteiger partial charge >= 0.3 is 0 Å². The van der Waals surface area contributed by atoms with E-state index in [1.807, 2.05) is 0 Å². The normalized spacial score (nSPS) is 12.5. The van der Waals surface area contributed by atoms with Crippen LogP contribution in [0.2, 0.25) is 0 Å². The van der Waals surface area contributed by atoms with Gasteiger partial charge in [0.2, 0.25) is 0 Å². The number of allylic oxidation sites excluding steroid dienone is 1. The van der Waals surface area contributed by atoms with E-state index in [1.54, 1.807) is 48.5 Å². The summed E-state index contributed by atoms with van der Waals surface area (Å²) in [6, 6.07) is 18.9. The smallest absolute Gasteiger partial charge is 0.262 e. The number of ether oxygens (including phenoxy) is 1. The molecule has 4 rings (SSSR count). The number of Topliss-reactive ketones (excluding diaryl/α,β-unsaturated/α-hetero) is 2. The molecule has 0 bridgehead atoms. The minimum absolute atomic E-state index is 0.0583. The molecule has 0 saturated heterocycles. The highest BCUT2D eigenvalue weighted by atomic mass is 19.1. The van der Waals surface area contributed by atoms with E-state index in [4.69, 9.17) is 4.74 Å². The Kier molecular flexibility index (Phi) is 5.22. The van der Waals surface area contributed by atoms with Gasteiger partial charge < -0.3 is 10.1 Å². The molecule has 0 fully saturated rings. The Balaban J connectivity index is 1.50. The van der Waals surface area contributed by atoms with Gasteiger partial charge in [-0.1, -0.05) is 42.5 Å². The number of ketones is 2. The SMILES string of the molecule is O=C(COc1ccccc1C=C1C(=O)c2ccccc2C1=O)Nc1ccc(F)cc1. The van der Waals surface area contributed by atoms with Gasteiger partial charge in [-0.15, -0.1) is 0 Å². The maximum Gasteiger partial charge on any atom is 0.262 e. The number of anilines is 1. The Hall–Kier alpha value is -4.06. The van der Waals surface area contributed by atoms with Gasteiger partial charge in [0, 0.05) is 22.4 Å². The maximum absolute atomic E-state index is 13.0. The Morgan fingerprint density at radius 1 is 0.867 bits per heavy atom.